The second kappa shape index (κ2) is 14.8. The molecular formula is C40H49ClN6O9. The van der Waals surface area contributed by atoms with Gasteiger partial charge in [-0.25, -0.2) is 14.6 Å². The number of benzene rings is 1. The number of esters is 1. The number of nitrogens with zero attached hydrogens (tertiary/aromatic N) is 3. The Labute approximate surface area is 329 Å². The molecule has 56 heavy (non-hydrogen) atoms. The zero-order valence-electron chi connectivity index (χ0n) is 32.4. The molecule has 4 fully saturated rings. The standard InChI is InChI=1S/C40H49ClN6O9/c1-8-22-16-40(22,36(51)53-7)46-34(49)28-14-24(17-47(28)35(50)33(39(4,5)6)45-38(52)56-23-12-20-11-21(20)13-23)55-30-15-26(27-18-54-37(44-27)42-19(2)3)43-32-25(30)9-10-29(48)31(32)41/h8-10,15,18-24,28,33,48H,1,11-14,16-17H2,2-7H3,(H,42,44)(H,45,52)(H,46,49)/t20-,21+,22-,23?,24+,28+,33-,40-/m1/s1. The van der Waals surface area contributed by atoms with Crippen molar-refractivity contribution in [3.63, 3.8) is 0 Å². The highest BCUT2D eigenvalue weighted by Gasteiger charge is 2.62. The Morgan fingerprint density at radius 1 is 1.09 bits per heavy atom. The lowest BCUT2D eigenvalue weighted by molar-refractivity contribution is -0.148. The van der Waals surface area contributed by atoms with E-state index >= 15 is 0 Å². The molecule has 1 saturated heterocycles. The van der Waals surface area contributed by atoms with Crippen molar-refractivity contribution >= 4 is 52.4 Å². The van der Waals surface area contributed by atoms with Gasteiger partial charge < -0.3 is 44.6 Å². The van der Waals surface area contributed by atoms with Crippen molar-refractivity contribution in [1.29, 1.82) is 0 Å². The average Bonchev–Trinajstić information content (AvgIpc) is 3.80. The van der Waals surface area contributed by atoms with Crippen LogP contribution in [-0.2, 0) is 23.9 Å². The van der Waals surface area contributed by atoms with Crippen LogP contribution in [0, 0.1) is 23.2 Å². The number of phenolic OH excluding ortho intramolecular Hbond substituents is 1. The number of aromatic nitrogens is 2. The van der Waals surface area contributed by atoms with E-state index in [0.29, 0.717) is 40.8 Å². The van der Waals surface area contributed by atoms with Crippen molar-refractivity contribution in [2.24, 2.45) is 23.2 Å². The summed E-state index contributed by atoms with van der Waals surface area (Å²) >= 11 is 6.57. The number of ether oxygens (including phenoxy) is 3. The molecule has 7 rings (SSSR count). The van der Waals surface area contributed by atoms with Crippen LogP contribution >= 0.6 is 11.6 Å². The van der Waals surface area contributed by atoms with Crippen LogP contribution in [0.25, 0.3) is 22.3 Å². The van der Waals surface area contributed by atoms with Crippen molar-refractivity contribution in [2.45, 2.75) is 103 Å². The molecule has 3 amide bonds. The smallest absolute Gasteiger partial charge is 0.408 e. The molecular weight excluding hydrogens is 744 g/mol. The zero-order valence-corrected chi connectivity index (χ0v) is 33.1. The molecule has 4 N–H and O–H groups in total. The first-order valence-corrected chi connectivity index (χ1v) is 19.4. The summed E-state index contributed by atoms with van der Waals surface area (Å²) in [5.74, 6) is -0.758. The first-order chi connectivity index (χ1) is 26.5. The van der Waals surface area contributed by atoms with Crippen LogP contribution in [0.2, 0.25) is 5.02 Å². The molecule has 8 atom stereocenters. The fourth-order valence-corrected chi connectivity index (χ4v) is 8.27. The summed E-state index contributed by atoms with van der Waals surface area (Å²) in [5, 5.41) is 19.7. The van der Waals surface area contributed by atoms with E-state index in [1.807, 2.05) is 34.6 Å². The van der Waals surface area contributed by atoms with Gasteiger partial charge in [-0.3, -0.25) is 9.59 Å². The lowest BCUT2D eigenvalue weighted by atomic mass is 9.85. The minimum atomic E-state index is -1.31. The first-order valence-electron chi connectivity index (χ1n) is 19.0. The predicted octanol–water partition coefficient (Wildman–Crippen LogP) is 5.59. The van der Waals surface area contributed by atoms with Gasteiger partial charge in [-0.15, -0.1) is 6.58 Å². The van der Waals surface area contributed by atoms with E-state index in [1.165, 1.54) is 30.8 Å². The third kappa shape index (κ3) is 7.69. The summed E-state index contributed by atoms with van der Waals surface area (Å²) in [6.07, 6.45) is 4.49. The van der Waals surface area contributed by atoms with Gasteiger partial charge in [-0.2, -0.15) is 4.98 Å². The van der Waals surface area contributed by atoms with Crippen molar-refractivity contribution in [2.75, 3.05) is 19.0 Å². The monoisotopic (exact) mass is 792 g/mol. The summed E-state index contributed by atoms with van der Waals surface area (Å²) in [5.41, 5.74) is -1.17. The molecule has 0 spiro atoms. The molecule has 3 aliphatic carbocycles. The highest BCUT2D eigenvalue weighted by molar-refractivity contribution is 6.36. The molecule has 0 radical (unpaired) electrons. The predicted molar refractivity (Wildman–Crippen MR) is 206 cm³/mol. The van der Waals surface area contributed by atoms with Crippen LogP contribution in [0.3, 0.4) is 0 Å². The number of phenols is 1. The number of carbonyl (C=O) groups is 4. The average molecular weight is 793 g/mol. The maximum absolute atomic E-state index is 14.7. The summed E-state index contributed by atoms with van der Waals surface area (Å²) in [6, 6.07) is 2.84. The highest BCUT2D eigenvalue weighted by atomic mass is 35.5. The van der Waals surface area contributed by atoms with Crippen LogP contribution in [-0.4, -0.2) is 93.4 Å². The molecule has 3 saturated carbocycles. The molecule has 0 bridgehead atoms. The van der Waals surface area contributed by atoms with E-state index < -0.39 is 53.0 Å². The van der Waals surface area contributed by atoms with Gasteiger partial charge in [0.15, 0.2) is 0 Å². The number of halogens is 1. The van der Waals surface area contributed by atoms with E-state index in [2.05, 4.69) is 32.5 Å². The molecule has 2 aromatic heterocycles. The fourth-order valence-electron chi connectivity index (χ4n) is 8.06. The van der Waals surface area contributed by atoms with Crippen LogP contribution in [0.1, 0.15) is 66.7 Å². The van der Waals surface area contributed by atoms with Crippen molar-refractivity contribution in [1.82, 2.24) is 25.5 Å². The van der Waals surface area contributed by atoms with Gasteiger partial charge in [0, 0.05) is 29.8 Å². The van der Waals surface area contributed by atoms with E-state index in [0.717, 1.165) is 12.8 Å². The molecule has 3 heterocycles. The number of likely N-dealkylation sites (tertiary alicyclic amines) is 1. The maximum Gasteiger partial charge on any atom is 0.408 e. The normalized spacial score (nSPS) is 27.0. The topological polar surface area (TPSA) is 194 Å². The summed E-state index contributed by atoms with van der Waals surface area (Å²) in [6.45, 7) is 13.1. The second-order valence-electron chi connectivity index (χ2n) is 16.8. The van der Waals surface area contributed by atoms with Gasteiger partial charge in [-0.05, 0) is 68.9 Å². The number of methoxy groups -OCH3 is 1. The molecule has 15 nitrogen and oxygen atoms in total. The minimum Gasteiger partial charge on any atom is -0.506 e. The first kappa shape index (κ1) is 39.2. The Hall–Kier alpha value is -5.05. The zero-order chi connectivity index (χ0) is 40.3. The Balaban J connectivity index is 1.20. The Morgan fingerprint density at radius 3 is 2.46 bits per heavy atom. The molecule has 300 valence electrons. The van der Waals surface area contributed by atoms with E-state index in [1.54, 1.807) is 18.2 Å². The van der Waals surface area contributed by atoms with Gasteiger partial charge >= 0.3 is 12.1 Å². The molecule has 1 aromatic carbocycles. The quantitative estimate of drug-likeness (QED) is 0.131. The summed E-state index contributed by atoms with van der Waals surface area (Å²) < 4.78 is 23.0. The van der Waals surface area contributed by atoms with Crippen LogP contribution in [0.4, 0.5) is 10.8 Å². The number of pyridine rings is 1. The van der Waals surface area contributed by atoms with E-state index in [9.17, 15) is 24.3 Å². The summed E-state index contributed by atoms with van der Waals surface area (Å²) in [7, 11) is 1.25. The number of oxazole rings is 1. The number of fused-ring (bicyclic) bond motifs is 2. The van der Waals surface area contributed by atoms with Crippen molar-refractivity contribution < 1.29 is 42.9 Å². The molecule has 1 aliphatic heterocycles. The molecule has 16 heteroatoms. The Morgan fingerprint density at radius 2 is 1.82 bits per heavy atom. The number of carbonyl (C=O) groups excluding carboxylic acids is 4. The van der Waals surface area contributed by atoms with Gasteiger partial charge in [0.25, 0.3) is 6.01 Å². The minimum absolute atomic E-state index is 0.00590. The van der Waals surface area contributed by atoms with Crippen molar-refractivity contribution in [3.05, 3.63) is 42.1 Å². The molecule has 4 aliphatic rings. The number of alkyl carbamates (subject to hydrolysis) is 1. The van der Waals surface area contributed by atoms with E-state index in [-0.39, 0.29) is 53.3 Å². The maximum atomic E-state index is 14.7. The highest BCUT2D eigenvalue weighted by Crippen LogP contribution is 2.52. The lowest BCUT2D eigenvalue weighted by Gasteiger charge is -2.35. The van der Waals surface area contributed by atoms with Gasteiger partial charge in [0.2, 0.25) is 11.8 Å². The van der Waals surface area contributed by atoms with E-state index in [4.69, 9.17) is 30.2 Å². The largest absolute Gasteiger partial charge is 0.506 e. The third-order valence-corrected chi connectivity index (χ3v) is 11.6. The van der Waals surface area contributed by atoms with Gasteiger partial charge in [0.05, 0.1) is 24.9 Å². The van der Waals surface area contributed by atoms with Crippen LogP contribution < -0.4 is 20.7 Å². The number of amides is 3. The van der Waals surface area contributed by atoms with Crippen LogP contribution in [0.5, 0.6) is 11.5 Å². The number of hydrogen-bond donors (Lipinski definition) is 4. The fraction of sp³-hybridized carbons (Fsp3) is 0.550. The second-order valence-corrected chi connectivity index (χ2v) is 17.2. The Bertz CT molecular complexity index is 2050. The van der Waals surface area contributed by atoms with Crippen molar-refractivity contribution in [3.8, 4) is 22.9 Å². The number of aromatic hydroxyl groups is 1. The summed E-state index contributed by atoms with van der Waals surface area (Å²) in [4.78, 5) is 65.7. The number of hydrogen-bond acceptors (Lipinski definition) is 12. The molecule has 3 aromatic rings. The molecule has 1 unspecified atom stereocenters. The number of anilines is 1. The number of rotatable bonds is 12. The SMILES string of the molecule is C=C[C@@H]1C[C@]1(NC(=O)[C@@H]1C[C@H](Oc2cc(-c3coc(NC(C)C)n3)nc3c(Cl)c(O)ccc23)CN1C(=O)[C@@H](NC(=O)OC1C[C@@H]2C[C@@H]2C1)C(C)(C)C)C(=O)OC. The van der Waals surface area contributed by atoms with Crippen LogP contribution in [0.15, 0.2) is 41.5 Å². The number of nitrogens with one attached hydrogen (secondary N) is 3. The van der Waals surface area contributed by atoms with Gasteiger partial charge in [-0.1, -0.05) is 38.4 Å². The Kier molecular flexibility index (Phi) is 10.4. The third-order valence-electron chi connectivity index (χ3n) is 11.2. The van der Waals surface area contributed by atoms with Gasteiger partial charge in [0.1, 0.15) is 58.3 Å². The lowest BCUT2D eigenvalue weighted by Crippen LogP contribution is -2.59.